The van der Waals surface area contributed by atoms with Crippen LogP contribution in [0.15, 0.2) is 0 Å². The number of nitrogens with one attached hydrogen (secondary N) is 3. The third-order valence-electron chi connectivity index (χ3n) is 2.20. The highest BCUT2D eigenvalue weighted by Crippen LogP contribution is 2.18. The topological polar surface area (TPSA) is 95.6 Å². The number of H-pyrrole nitrogens is 1. The average molecular weight is 210 g/mol. The number of rotatable bonds is 6. The van der Waals surface area contributed by atoms with Crippen molar-refractivity contribution in [3.8, 4) is 0 Å². The fourth-order valence-electron chi connectivity index (χ4n) is 1.20. The zero-order valence-corrected chi connectivity index (χ0v) is 8.36. The lowest BCUT2D eigenvalue weighted by Gasteiger charge is -2.03. The average Bonchev–Trinajstić information content (AvgIpc) is 2.91. The molecule has 0 spiro atoms. The van der Waals surface area contributed by atoms with Gasteiger partial charge in [-0.15, -0.1) is 10.2 Å². The fraction of sp³-hybridized carbons (Fsp3) is 0.750. The minimum Gasteiger partial charge on any atom is -0.349 e. The maximum Gasteiger partial charge on any atom is 0.221 e. The first kappa shape index (κ1) is 10.0. The summed E-state index contributed by atoms with van der Waals surface area (Å²) < 4.78 is 0. The third kappa shape index (κ3) is 3.62. The van der Waals surface area contributed by atoms with Crippen LogP contribution < -0.4 is 10.6 Å². The predicted molar refractivity (Wildman–Crippen MR) is 51.7 cm³/mol. The molecule has 0 atom stereocenters. The van der Waals surface area contributed by atoms with Gasteiger partial charge in [-0.05, 0) is 12.8 Å². The molecule has 82 valence electrons. The predicted octanol–water partition coefficient (Wildman–Crippen LogP) is -1.04. The van der Waals surface area contributed by atoms with Gasteiger partial charge in [-0.1, -0.05) is 5.21 Å². The molecule has 1 aromatic rings. The van der Waals surface area contributed by atoms with Crippen molar-refractivity contribution in [3.05, 3.63) is 5.82 Å². The van der Waals surface area contributed by atoms with Crippen molar-refractivity contribution in [2.45, 2.75) is 31.8 Å². The van der Waals surface area contributed by atoms with Crippen molar-refractivity contribution in [3.63, 3.8) is 0 Å². The molecule has 3 N–H and O–H groups in total. The van der Waals surface area contributed by atoms with Crippen LogP contribution in [-0.2, 0) is 11.3 Å². The van der Waals surface area contributed by atoms with E-state index >= 15 is 0 Å². The minimum absolute atomic E-state index is 0.00736. The van der Waals surface area contributed by atoms with Crippen molar-refractivity contribution in [2.24, 2.45) is 0 Å². The smallest absolute Gasteiger partial charge is 0.221 e. The lowest BCUT2D eigenvalue weighted by Crippen LogP contribution is -2.28. The lowest BCUT2D eigenvalue weighted by molar-refractivity contribution is -0.121. The number of hydrogen-bond donors (Lipinski definition) is 3. The van der Waals surface area contributed by atoms with Crippen LogP contribution in [0.5, 0.6) is 0 Å². The van der Waals surface area contributed by atoms with E-state index < -0.39 is 0 Å². The van der Waals surface area contributed by atoms with Gasteiger partial charge < -0.3 is 10.6 Å². The van der Waals surface area contributed by atoms with Crippen molar-refractivity contribution in [2.75, 3.05) is 6.54 Å². The summed E-state index contributed by atoms with van der Waals surface area (Å²) in [7, 11) is 0. The Labute approximate surface area is 87.0 Å². The van der Waals surface area contributed by atoms with Gasteiger partial charge in [-0.2, -0.15) is 5.21 Å². The van der Waals surface area contributed by atoms with Crippen LogP contribution in [0.25, 0.3) is 0 Å². The van der Waals surface area contributed by atoms with Crippen molar-refractivity contribution in [1.82, 2.24) is 31.3 Å². The number of tetrazole rings is 1. The molecule has 1 fully saturated rings. The monoisotopic (exact) mass is 210 g/mol. The molecule has 1 amide bonds. The lowest BCUT2D eigenvalue weighted by atomic mass is 10.4. The standard InChI is InChI=1S/C8H14N6O/c15-8(3-4-9-6-1-2-6)10-5-7-11-13-14-12-7/h6,9H,1-5H2,(H,10,15)(H,11,12,13,14). The molecule has 0 aromatic carbocycles. The Morgan fingerprint density at radius 3 is 3.07 bits per heavy atom. The van der Waals surface area contributed by atoms with Crippen molar-refractivity contribution in [1.29, 1.82) is 0 Å². The molecule has 0 radical (unpaired) electrons. The molecule has 0 bridgehead atoms. The Balaban J connectivity index is 1.55. The van der Waals surface area contributed by atoms with Crippen molar-refractivity contribution >= 4 is 5.91 Å². The summed E-state index contributed by atoms with van der Waals surface area (Å²) in [4.78, 5) is 11.3. The van der Waals surface area contributed by atoms with E-state index in [1.807, 2.05) is 0 Å². The summed E-state index contributed by atoms with van der Waals surface area (Å²) >= 11 is 0. The van der Waals surface area contributed by atoms with E-state index in [9.17, 15) is 4.79 Å². The molecule has 1 aromatic heterocycles. The first-order chi connectivity index (χ1) is 7.34. The molecule has 1 heterocycles. The zero-order valence-electron chi connectivity index (χ0n) is 8.36. The number of amides is 1. The Bertz CT molecular complexity index is 307. The molecule has 1 aliphatic carbocycles. The van der Waals surface area contributed by atoms with E-state index in [4.69, 9.17) is 0 Å². The third-order valence-corrected chi connectivity index (χ3v) is 2.20. The summed E-state index contributed by atoms with van der Waals surface area (Å²) in [5.74, 6) is 0.506. The van der Waals surface area contributed by atoms with Crippen LogP contribution in [0.3, 0.4) is 0 Å². The molecule has 7 nitrogen and oxygen atoms in total. The number of hydrogen-bond acceptors (Lipinski definition) is 5. The quantitative estimate of drug-likeness (QED) is 0.557. The van der Waals surface area contributed by atoms with Gasteiger partial charge in [0.25, 0.3) is 0 Å². The number of aromatic amines is 1. The van der Waals surface area contributed by atoms with Crippen LogP contribution in [0.1, 0.15) is 25.1 Å². The van der Waals surface area contributed by atoms with Crippen molar-refractivity contribution < 1.29 is 4.79 Å². The number of aromatic nitrogens is 4. The van der Waals surface area contributed by atoms with E-state index in [0.717, 1.165) is 6.54 Å². The summed E-state index contributed by atoms with van der Waals surface area (Å²) in [6.45, 7) is 1.07. The normalized spacial score (nSPS) is 15.2. The van der Waals surface area contributed by atoms with Gasteiger partial charge >= 0.3 is 0 Å². The first-order valence-electron chi connectivity index (χ1n) is 5.07. The molecule has 2 rings (SSSR count). The Kier molecular flexibility index (Phi) is 3.23. The maximum atomic E-state index is 11.3. The highest BCUT2D eigenvalue weighted by molar-refractivity contribution is 5.75. The van der Waals surface area contributed by atoms with Crippen LogP contribution in [0.2, 0.25) is 0 Å². The molecule has 1 saturated carbocycles. The molecular formula is C8H14N6O. The molecule has 1 aliphatic rings. The molecule has 0 saturated heterocycles. The van der Waals surface area contributed by atoms with Gasteiger partial charge in [0, 0.05) is 19.0 Å². The Hall–Kier alpha value is -1.50. The zero-order chi connectivity index (χ0) is 10.5. The molecule has 0 aliphatic heterocycles. The van der Waals surface area contributed by atoms with E-state index in [1.54, 1.807) is 0 Å². The van der Waals surface area contributed by atoms with Crippen LogP contribution in [-0.4, -0.2) is 39.1 Å². The number of carbonyl (C=O) groups excluding carboxylic acids is 1. The van der Waals surface area contributed by atoms with E-state index in [-0.39, 0.29) is 5.91 Å². The first-order valence-corrected chi connectivity index (χ1v) is 5.07. The molecule has 15 heavy (non-hydrogen) atoms. The molecular weight excluding hydrogens is 196 g/mol. The highest BCUT2D eigenvalue weighted by atomic mass is 16.1. The van der Waals surface area contributed by atoms with E-state index in [0.29, 0.717) is 24.8 Å². The fourth-order valence-corrected chi connectivity index (χ4v) is 1.20. The second-order valence-corrected chi connectivity index (χ2v) is 3.58. The molecule has 7 heteroatoms. The minimum atomic E-state index is 0.00736. The number of nitrogens with zero attached hydrogens (tertiary/aromatic N) is 3. The SMILES string of the molecule is O=C(CCNC1CC1)NCc1nn[nH]n1. The number of carbonyl (C=O) groups is 1. The van der Waals surface area contributed by atoms with Crippen LogP contribution in [0, 0.1) is 0 Å². The van der Waals surface area contributed by atoms with Gasteiger partial charge in [-0.3, -0.25) is 4.79 Å². The Morgan fingerprint density at radius 1 is 1.53 bits per heavy atom. The van der Waals surface area contributed by atoms with E-state index in [1.165, 1.54) is 12.8 Å². The van der Waals surface area contributed by atoms with Gasteiger partial charge in [0.05, 0.1) is 6.54 Å². The van der Waals surface area contributed by atoms with Gasteiger partial charge in [-0.25, -0.2) is 0 Å². The summed E-state index contributed by atoms with van der Waals surface area (Å²) in [5.41, 5.74) is 0. The second-order valence-electron chi connectivity index (χ2n) is 3.58. The van der Waals surface area contributed by atoms with Crippen LogP contribution in [0.4, 0.5) is 0 Å². The van der Waals surface area contributed by atoms with Gasteiger partial charge in [0.1, 0.15) is 0 Å². The van der Waals surface area contributed by atoms with Gasteiger partial charge in [0.2, 0.25) is 5.91 Å². The largest absolute Gasteiger partial charge is 0.349 e. The summed E-state index contributed by atoms with van der Waals surface area (Å²) in [6.07, 6.45) is 2.98. The Morgan fingerprint density at radius 2 is 2.40 bits per heavy atom. The second kappa shape index (κ2) is 4.83. The van der Waals surface area contributed by atoms with Gasteiger partial charge in [0.15, 0.2) is 5.82 Å². The summed E-state index contributed by atoms with van der Waals surface area (Å²) in [5, 5.41) is 19.2. The maximum absolute atomic E-state index is 11.3. The van der Waals surface area contributed by atoms with Crippen LogP contribution >= 0.6 is 0 Å². The molecule has 0 unspecified atom stereocenters. The van der Waals surface area contributed by atoms with E-state index in [2.05, 4.69) is 31.3 Å². The highest BCUT2D eigenvalue weighted by Gasteiger charge is 2.19. The summed E-state index contributed by atoms with van der Waals surface area (Å²) in [6, 6.07) is 0.648.